The van der Waals surface area contributed by atoms with Crippen LogP contribution in [0.15, 0.2) is 36.7 Å². The van der Waals surface area contributed by atoms with Gasteiger partial charge in [-0.05, 0) is 43.1 Å². The van der Waals surface area contributed by atoms with E-state index < -0.39 is 11.8 Å². The summed E-state index contributed by atoms with van der Waals surface area (Å²) in [6.07, 6.45) is 3.77. The van der Waals surface area contributed by atoms with Crippen LogP contribution in [0.5, 0.6) is 0 Å². The molecule has 1 aliphatic rings. The molecule has 0 aliphatic carbocycles. The quantitative estimate of drug-likeness (QED) is 0.720. The predicted molar refractivity (Wildman–Crippen MR) is 107 cm³/mol. The molecule has 144 valence electrons. The Hall–Kier alpha value is -2.22. The van der Waals surface area contributed by atoms with Gasteiger partial charge in [0.2, 0.25) is 0 Å². The van der Waals surface area contributed by atoms with Crippen molar-refractivity contribution in [3.05, 3.63) is 53.1 Å². The van der Waals surface area contributed by atoms with Crippen molar-refractivity contribution in [2.75, 3.05) is 18.4 Å². The Morgan fingerprint density at radius 2 is 1.74 bits per heavy atom. The number of nitrogens with zero attached hydrogens (tertiary/aromatic N) is 2. The zero-order valence-electron chi connectivity index (χ0n) is 14.7. The molecule has 0 spiro atoms. The average Bonchev–Trinajstić information content (AvgIpc) is 2.65. The molecule has 1 saturated heterocycles. The number of halogens is 2. The molecule has 9 heteroatoms. The van der Waals surface area contributed by atoms with Gasteiger partial charge in [-0.15, -0.1) is 12.4 Å². The number of hydrogen-bond donors (Lipinski definition) is 3. The highest BCUT2D eigenvalue weighted by molar-refractivity contribution is 6.30. The second-order valence-electron chi connectivity index (χ2n) is 6.26. The number of amides is 2. The number of anilines is 1. The van der Waals surface area contributed by atoms with Crippen LogP contribution in [0.3, 0.4) is 0 Å². The van der Waals surface area contributed by atoms with Gasteiger partial charge < -0.3 is 16.0 Å². The van der Waals surface area contributed by atoms with Gasteiger partial charge in [0.1, 0.15) is 0 Å². The van der Waals surface area contributed by atoms with E-state index in [-0.39, 0.29) is 29.8 Å². The van der Waals surface area contributed by atoms with Crippen molar-refractivity contribution in [1.82, 2.24) is 20.6 Å². The zero-order chi connectivity index (χ0) is 18.5. The molecule has 1 aromatic heterocycles. The van der Waals surface area contributed by atoms with E-state index in [1.165, 1.54) is 12.4 Å². The van der Waals surface area contributed by atoms with E-state index in [0.717, 1.165) is 13.0 Å². The normalized spacial score (nSPS) is 18.9. The minimum Gasteiger partial charge on any atom is -0.346 e. The highest BCUT2D eigenvalue weighted by Gasteiger charge is 2.26. The van der Waals surface area contributed by atoms with Gasteiger partial charge in [0, 0.05) is 35.7 Å². The molecule has 3 rings (SSSR count). The lowest BCUT2D eigenvalue weighted by molar-refractivity contribution is 0.0899. The molecular weight excluding hydrogens is 389 g/mol. The molecular formula is C18H21Cl2N5O2. The first-order valence-corrected chi connectivity index (χ1v) is 8.82. The third-order valence-corrected chi connectivity index (χ3v) is 4.63. The van der Waals surface area contributed by atoms with E-state index in [9.17, 15) is 9.59 Å². The fourth-order valence-corrected chi connectivity index (χ4v) is 2.94. The largest absolute Gasteiger partial charge is 0.346 e. The van der Waals surface area contributed by atoms with Gasteiger partial charge in [0.05, 0.1) is 0 Å². The predicted octanol–water partition coefficient (Wildman–Crippen LogP) is 2.53. The Bertz CT molecular complexity index is 801. The molecule has 2 atom stereocenters. The maximum Gasteiger partial charge on any atom is 0.276 e. The van der Waals surface area contributed by atoms with Crippen LogP contribution in [-0.4, -0.2) is 40.9 Å². The Morgan fingerprint density at radius 3 is 2.37 bits per heavy atom. The molecule has 0 bridgehead atoms. The number of hydrogen-bond acceptors (Lipinski definition) is 5. The maximum atomic E-state index is 12.6. The Kier molecular flexibility index (Phi) is 7.53. The molecule has 0 saturated carbocycles. The minimum absolute atomic E-state index is 0. The van der Waals surface area contributed by atoms with E-state index in [2.05, 4.69) is 32.8 Å². The highest BCUT2D eigenvalue weighted by Crippen LogP contribution is 2.15. The summed E-state index contributed by atoms with van der Waals surface area (Å²) >= 11 is 5.84. The number of rotatable bonds is 4. The van der Waals surface area contributed by atoms with Gasteiger partial charge in [-0.1, -0.05) is 18.5 Å². The summed E-state index contributed by atoms with van der Waals surface area (Å²) < 4.78 is 0. The van der Waals surface area contributed by atoms with Crippen LogP contribution in [0.4, 0.5) is 5.69 Å². The van der Waals surface area contributed by atoms with Gasteiger partial charge >= 0.3 is 0 Å². The average molecular weight is 410 g/mol. The maximum absolute atomic E-state index is 12.6. The summed E-state index contributed by atoms with van der Waals surface area (Å²) in [5.74, 6) is -0.552. The summed E-state index contributed by atoms with van der Waals surface area (Å²) in [5, 5.41) is 9.47. The molecule has 2 aromatic rings. The number of benzene rings is 1. The fourth-order valence-electron chi connectivity index (χ4n) is 2.81. The number of carbonyl (C=O) groups is 2. The standard InChI is InChI=1S/C18H20ClN5O2.ClH/c1-11-6-7-20-10-14(11)24-18(26)16-15(21-8-9-22-16)17(25)23-13-4-2-12(19)3-5-13;/h2-5,8-9,11,14,20H,6-7,10H2,1H3,(H,23,25)(H,24,26);1H. The van der Waals surface area contributed by atoms with E-state index >= 15 is 0 Å². The van der Waals surface area contributed by atoms with Crippen molar-refractivity contribution in [3.8, 4) is 0 Å². The van der Waals surface area contributed by atoms with Crippen molar-refractivity contribution in [1.29, 1.82) is 0 Å². The van der Waals surface area contributed by atoms with E-state index in [4.69, 9.17) is 11.6 Å². The van der Waals surface area contributed by atoms with Crippen molar-refractivity contribution in [2.24, 2.45) is 5.92 Å². The number of nitrogens with one attached hydrogen (secondary N) is 3. The van der Waals surface area contributed by atoms with Gasteiger partial charge in [-0.25, -0.2) is 9.97 Å². The van der Waals surface area contributed by atoms with Gasteiger partial charge in [0.25, 0.3) is 11.8 Å². The van der Waals surface area contributed by atoms with Crippen LogP contribution in [-0.2, 0) is 0 Å². The molecule has 1 aromatic carbocycles. The second-order valence-corrected chi connectivity index (χ2v) is 6.70. The van der Waals surface area contributed by atoms with Crippen LogP contribution in [0.1, 0.15) is 34.3 Å². The number of aromatic nitrogens is 2. The Morgan fingerprint density at radius 1 is 1.11 bits per heavy atom. The lowest BCUT2D eigenvalue weighted by Gasteiger charge is -2.30. The van der Waals surface area contributed by atoms with Crippen LogP contribution in [0.2, 0.25) is 5.02 Å². The van der Waals surface area contributed by atoms with Crippen LogP contribution >= 0.6 is 24.0 Å². The summed E-state index contributed by atoms with van der Waals surface area (Å²) in [5.41, 5.74) is 0.551. The topological polar surface area (TPSA) is 96.0 Å². The van der Waals surface area contributed by atoms with Gasteiger partial charge in [0.15, 0.2) is 11.4 Å². The zero-order valence-corrected chi connectivity index (χ0v) is 16.3. The summed E-state index contributed by atoms with van der Waals surface area (Å²) in [4.78, 5) is 33.3. The van der Waals surface area contributed by atoms with Crippen LogP contribution < -0.4 is 16.0 Å². The van der Waals surface area contributed by atoms with Crippen molar-refractivity contribution in [2.45, 2.75) is 19.4 Å². The van der Waals surface area contributed by atoms with Gasteiger partial charge in [-0.3, -0.25) is 9.59 Å². The molecule has 1 fully saturated rings. The second kappa shape index (κ2) is 9.64. The van der Waals surface area contributed by atoms with Crippen LogP contribution in [0, 0.1) is 5.92 Å². The highest BCUT2D eigenvalue weighted by atomic mass is 35.5. The first-order valence-electron chi connectivity index (χ1n) is 8.44. The van der Waals surface area contributed by atoms with Crippen LogP contribution in [0.25, 0.3) is 0 Å². The molecule has 2 amide bonds. The minimum atomic E-state index is -0.500. The van der Waals surface area contributed by atoms with Crippen molar-refractivity contribution >= 4 is 41.5 Å². The molecule has 3 N–H and O–H groups in total. The third kappa shape index (κ3) is 5.38. The molecule has 27 heavy (non-hydrogen) atoms. The van der Waals surface area contributed by atoms with E-state index in [1.807, 2.05) is 0 Å². The monoisotopic (exact) mass is 409 g/mol. The molecule has 2 unspecified atom stereocenters. The SMILES string of the molecule is CC1CCNCC1NC(=O)c1nccnc1C(=O)Nc1ccc(Cl)cc1.Cl. The van der Waals surface area contributed by atoms with E-state index in [0.29, 0.717) is 23.2 Å². The number of piperidine rings is 1. The summed E-state index contributed by atoms with van der Waals surface area (Å²) in [6.45, 7) is 3.73. The first kappa shape index (κ1) is 21.1. The smallest absolute Gasteiger partial charge is 0.276 e. The molecule has 7 nitrogen and oxygen atoms in total. The van der Waals surface area contributed by atoms with Gasteiger partial charge in [-0.2, -0.15) is 0 Å². The first-order chi connectivity index (χ1) is 12.5. The summed E-state index contributed by atoms with van der Waals surface area (Å²) in [6, 6.07) is 6.67. The Labute approximate surface area is 168 Å². The molecule has 1 aliphatic heterocycles. The molecule has 0 radical (unpaired) electrons. The Balaban J connectivity index is 0.00000261. The number of carbonyl (C=O) groups excluding carboxylic acids is 2. The van der Waals surface area contributed by atoms with E-state index in [1.54, 1.807) is 24.3 Å². The lowest BCUT2D eigenvalue weighted by Crippen LogP contribution is -2.50. The molecule has 2 heterocycles. The fraction of sp³-hybridized carbons (Fsp3) is 0.333. The lowest BCUT2D eigenvalue weighted by atomic mass is 9.94. The van der Waals surface area contributed by atoms with Crippen molar-refractivity contribution in [3.63, 3.8) is 0 Å². The summed E-state index contributed by atoms with van der Waals surface area (Å²) in [7, 11) is 0. The van der Waals surface area contributed by atoms with Crippen molar-refractivity contribution < 1.29 is 9.59 Å². The third-order valence-electron chi connectivity index (χ3n) is 4.37.